The molecule has 2 N–H and O–H groups in total. The van der Waals surface area contributed by atoms with Crippen molar-refractivity contribution in [3.63, 3.8) is 0 Å². The summed E-state index contributed by atoms with van der Waals surface area (Å²) in [6.45, 7) is 15.9. The van der Waals surface area contributed by atoms with Gasteiger partial charge >= 0.3 is 0 Å². The number of pyridine rings is 1. The van der Waals surface area contributed by atoms with Crippen molar-refractivity contribution >= 4 is 35.8 Å². The number of aromatic nitrogens is 1. The summed E-state index contributed by atoms with van der Waals surface area (Å²) in [6.07, 6.45) is 1.89. The van der Waals surface area contributed by atoms with Crippen LogP contribution in [0.1, 0.15) is 33.3 Å². The van der Waals surface area contributed by atoms with Gasteiger partial charge in [-0.2, -0.15) is 0 Å². The minimum absolute atomic E-state index is 0. The number of aliphatic imine (C=N–C) groups is 1. The molecule has 0 radical (unpaired) electrons. The van der Waals surface area contributed by atoms with Crippen LogP contribution in [0.25, 0.3) is 0 Å². The minimum Gasteiger partial charge on any atom is -0.377 e. The second-order valence-electron chi connectivity index (χ2n) is 7.46. The number of nitrogens with one attached hydrogen (secondary N) is 2. The lowest BCUT2D eigenvalue weighted by molar-refractivity contribution is 0.0268. The molecule has 1 aliphatic heterocycles. The Morgan fingerprint density at radius 3 is 2.54 bits per heavy atom. The smallest absolute Gasteiger partial charge is 0.191 e. The first-order valence-electron chi connectivity index (χ1n) is 9.97. The van der Waals surface area contributed by atoms with Gasteiger partial charge in [0.2, 0.25) is 0 Å². The van der Waals surface area contributed by atoms with E-state index >= 15 is 0 Å². The quantitative estimate of drug-likeness (QED) is 0.322. The summed E-state index contributed by atoms with van der Waals surface area (Å²) in [7, 11) is 1.73. The lowest BCUT2D eigenvalue weighted by Gasteiger charge is -2.34. The number of rotatable bonds is 8. The van der Waals surface area contributed by atoms with Crippen molar-refractivity contribution < 1.29 is 4.74 Å². The van der Waals surface area contributed by atoms with Crippen LogP contribution in [0.15, 0.2) is 23.3 Å². The van der Waals surface area contributed by atoms with Crippen LogP contribution in [0, 0.1) is 0 Å². The molecule has 0 aromatic carbocycles. The largest absolute Gasteiger partial charge is 0.377 e. The van der Waals surface area contributed by atoms with Gasteiger partial charge in [-0.3, -0.25) is 0 Å². The number of anilines is 1. The maximum Gasteiger partial charge on any atom is 0.191 e. The van der Waals surface area contributed by atoms with Crippen LogP contribution in [0.3, 0.4) is 0 Å². The van der Waals surface area contributed by atoms with Gasteiger partial charge in [-0.1, -0.05) is 6.92 Å². The number of likely N-dealkylation sites (N-methyl/N-ethyl adjacent to an activating group) is 1. The van der Waals surface area contributed by atoms with Gasteiger partial charge in [-0.25, -0.2) is 9.98 Å². The van der Waals surface area contributed by atoms with Crippen LogP contribution in [0.4, 0.5) is 5.82 Å². The SMILES string of the molecule is CCNC(=NCc1ccnc(N2CCN(CC)CC2)c1)NCC(C)(C)OC.I. The van der Waals surface area contributed by atoms with Crippen molar-refractivity contribution in [3.05, 3.63) is 23.9 Å². The Morgan fingerprint density at radius 2 is 1.93 bits per heavy atom. The van der Waals surface area contributed by atoms with Crippen molar-refractivity contribution in [2.24, 2.45) is 4.99 Å². The maximum atomic E-state index is 5.47. The lowest BCUT2D eigenvalue weighted by atomic mass is 10.1. The van der Waals surface area contributed by atoms with E-state index in [1.165, 1.54) is 5.56 Å². The topological polar surface area (TPSA) is 65.0 Å². The predicted octanol–water partition coefficient (Wildman–Crippen LogP) is 2.32. The van der Waals surface area contributed by atoms with Gasteiger partial charge in [-0.15, -0.1) is 24.0 Å². The molecule has 1 aromatic heterocycles. The highest BCUT2D eigenvalue weighted by molar-refractivity contribution is 14.0. The molecule has 0 aliphatic carbocycles. The van der Waals surface area contributed by atoms with E-state index in [1.807, 2.05) is 12.3 Å². The molecule has 7 nitrogen and oxygen atoms in total. The third-order valence-electron chi connectivity index (χ3n) is 4.95. The number of ether oxygens (including phenoxy) is 1. The van der Waals surface area contributed by atoms with Crippen molar-refractivity contribution in [1.82, 2.24) is 20.5 Å². The van der Waals surface area contributed by atoms with Crippen LogP contribution in [-0.2, 0) is 11.3 Å². The fourth-order valence-electron chi connectivity index (χ4n) is 2.91. The van der Waals surface area contributed by atoms with E-state index in [2.05, 4.69) is 59.2 Å². The molecule has 0 atom stereocenters. The molecule has 2 rings (SSSR count). The standard InChI is InChI=1S/C20H36N6O.HI/c1-6-21-19(24-16-20(3,4)27-5)23-15-17-8-9-22-18(14-17)26-12-10-25(7-2)11-13-26;/h8-9,14H,6-7,10-13,15-16H2,1-5H3,(H2,21,23,24);1H. The van der Waals surface area contributed by atoms with Crippen LogP contribution in [0.5, 0.6) is 0 Å². The fraction of sp³-hybridized carbons (Fsp3) is 0.700. The third kappa shape index (κ3) is 8.08. The number of methoxy groups -OCH3 is 1. The fourth-order valence-corrected chi connectivity index (χ4v) is 2.91. The molecular formula is C20H37IN6O. The van der Waals surface area contributed by atoms with E-state index in [1.54, 1.807) is 7.11 Å². The van der Waals surface area contributed by atoms with Gasteiger partial charge in [0.1, 0.15) is 5.82 Å². The van der Waals surface area contributed by atoms with E-state index in [0.29, 0.717) is 13.1 Å². The first kappa shape index (κ1) is 24.9. The zero-order valence-corrected chi connectivity index (χ0v) is 20.3. The Labute approximate surface area is 187 Å². The van der Waals surface area contributed by atoms with Crippen molar-refractivity contribution in [3.8, 4) is 0 Å². The number of hydrogen-bond acceptors (Lipinski definition) is 5. The Morgan fingerprint density at radius 1 is 1.21 bits per heavy atom. The molecule has 1 aromatic rings. The summed E-state index contributed by atoms with van der Waals surface area (Å²) >= 11 is 0. The Kier molecular flexibility index (Phi) is 11.1. The Hall–Kier alpha value is -1.13. The summed E-state index contributed by atoms with van der Waals surface area (Å²) in [5.41, 5.74) is 0.932. The summed E-state index contributed by atoms with van der Waals surface area (Å²) in [5, 5.41) is 6.64. The highest BCUT2D eigenvalue weighted by atomic mass is 127. The molecule has 0 saturated carbocycles. The average molecular weight is 504 g/mol. The second-order valence-corrected chi connectivity index (χ2v) is 7.46. The van der Waals surface area contributed by atoms with Crippen LogP contribution in [0.2, 0.25) is 0 Å². The first-order chi connectivity index (χ1) is 13.0. The van der Waals surface area contributed by atoms with Gasteiger partial charge in [0, 0.05) is 52.6 Å². The summed E-state index contributed by atoms with van der Waals surface area (Å²) in [5.74, 6) is 1.86. The summed E-state index contributed by atoms with van der Waals surface area (Å²) in [4.78, 5) is 14.1. The zero-order valence-electron chi connectivity index (χ0n) is 18.0. The molecule has 8 heteroatoms. The summed E-state index contributed by atoms with van der Waals surface area (Å²) < 4.78 is 5.47. The highest BCUT2D eigenvalue weighted by Gasteiger charge is 2.18. The van der Waals surface area contributed by atoms with Crippen LogP contribution >= 0.6 is 24.0 Å². The van der Waals surface area contributed by atoms with Gasteiger partial charge in [0.15, 0.2) is 5.96 Å². The number of halogens is 1. The number of hydrogen-bond donors (Lipinski definition) is 2. The van der Waals surface area contributed by atoms with Gasteiger partial charge in [0.05, 0.1) is 12.1 Å². The Balaban J connectivity index is 0.00000392. The lowest BCUT2D eigenvalue weighted by Crippen LogP contribution is -2.46. The molecule has 1 aliphatic rings. The van der Waals surface area contributed by atoms with Crippen molar-refractivity contribution in [2.45, 2.75) is 39.8 Å². The number of guanidine groups is 1. The summed E-state index contributed by atoms with van der Waals surface area (Å²) in [6, 6.07) is 4.20. The average Bonchev–Trinajstić information content (AvgIpc) is 2.70. The molecule has 0 amide bonds. The van der Waals surface area contributed by atoms with Crippen LogP contribution in [-0.4, -0.2) is 74.4 Å². The van der Waals surface area contributed by atoms with E-state index in [-0.39, 0.29) is 29.6 Å². The minimum atomic E-state index is -0.235. The normalized spacial score (nSPS) is 15.9. The number of nitrogens with zero attached hydrogens (tertiary/aromatic N) is 4. The van der Waals surface area contributed by atoms with E-state index < -0.39 is 0 Å². The molecule has 2 heterocycles. The van der Waals surface area contributed by atoms with Crippen molar-refractivity contribution in [1.29, 1.82) is 0 Å². The monoisotopic (exact) mass is 504 g/mol. The van der Waals surface area contributed by atoms with Gasteiger partial charge in [0.25, 0.3) is 0 Å². The second kappa shape index (κ2) is 12.4. The predicted molar refractivity (Wildman–Crippen MR) is 128 cm³/mol. The van der Waals surface area contributed by atoms with E-state index in [0.717, 1.165) is 51.0 Å². The van der Waals surface area contributed by atoms with E-state index in [9.17, 15) is 0 Å². The Bertz CT molecular complexity index is 602. The molecular weight excluding hydrogens is 467 g/mol. The third-order valence-corrected chi connectivity index (χ3v) is 4.95. The molecule has 0 spiro atoms. The number of piperazine rings is 1. The van der Waals surface area contributed by atoms with Gasteiger partial charge in [-0.05, 0) is 45.0 Å². The van der Waals surface area contributed by atoms with Crippen molar-refractivity contribution in [2.75, 3.05) is 57.8 Å². The maximum absolute atomic E-state index is 5.47. The molecule has 0 bridgehead atoms. The molecule has 1 fully saturated rings. The van der Waals surface area contributed by atoms with E-state index in [4.69, 9.17) is 9.73 Å². The molecule has 160 valence electrons. The zero-order chi connectivity index (χ0) is 19.7. The molecule has 28 heavy (non-hydrogen) atoms. The highest BCUT2D eigenvalue weighted by Crippen LogP contribution is 2.15. The van der Waals surface area contributed by atoms with Crippen LogP contribution < -0.4 is 15.5 Å². The molecule has 1 saturated heterocycles. The first-order valence-corrected chi connectivity index (χ1v) is 9.97. The van der Waals surface area contributed by atoms with Gasteiger partial charge < -0.3 is 25.2 Å². The molecule has 0 unspecified atom stereocenters.